The van der Waals surface area contributed by atoms with Gasteiger partial charge >= 0.3 is 0 Å². The van der Waals surface area contributed by atoms with Crippen molar-refractivity contribution < 1.29 is 0 Å². The van der Waals surface area contributed by atoms with Crippen LogP contribution in [0.15, 0.2) is 18.2 Å². The Kier molecular flexibility index (Phi) is 2.99. The summed E-state index contributed by atoms with van der Waals surface area (Å²) in [5.41, 5.74) is 9.43. The number of fused-ring (bicyclic) bond motifs is 1. The molecule has 1 aromatic carbocycles. The molecule has 0 radical (unpaired) electrons. The highest BCUT2D eigenvalue weighted by molar-refractivity contribution is 7.71. The Bertz CT molecular complexity index is 880. The van der Waals surface area contributed by atoms with E-state index in [1.807, 2.05) is 32.0 Å². The molecule has 0 spiro atoms. The number of aromatic nitrogens is 4. The SMILES string of the molecule is Cc1cc(-n2c(N)c3c(C)n[nH]c3nc2=S)ccc1Cl. The van der Waals surface area contributed by atoms with E-state index in [0.29, 0.717) is 21.3 Å². The van der Waals surface area contributed by atoms with Crippen LogP contribution < -0.4 is 5.73 Å². The van der Waals surface area contributed by atoms with Crippen LogP contribution in [-0.4, -0.2) is 19.7 Å². The van der Waals surface area contributed by atoms with E-state index in [1.165, 1.54) is 0 Å². The summed E-state index contributed by atoms with van der Waals surface area (Å²) in [6.07, 6.45) is 0. The summed E-state index contributed by atoms with van der Waals surface area (Å²) >= 11 is 11.4. The van der Waals surface area contributed by atoms with Gasteiger partial charge in [-0.05, 0) is 49.8 Å². The van der Waals surface area contributed by atoms with Crippen molar-refractivity contribution in [3.05, 3.63) is 39.3 Å². The molecule has 0 saturated heterocycles. The van der Waals surface area contributed by atoms with Gasteiger partial charge in [0.05, 0.1) is 16.8 Å². The van der Waals surface area contributed by atoms with E-state index >= 15 is 0 Å². The Morgan fingerprint density at radius 2 is 2.10 bits per heavy atom. The number of nitrogens with two attached hydrogens (primary N) is 1. The topological polar surface area (TPSA) is 72.5 Å². The van der Waals surface area contributed by atoms with E-state index in [4.69, 9.17) is 29.6 Å². The molecule has 0 saturated carbocycles. The van der Waals surface area contributed by atoms with Gasteiger partial charge in [-0.15, -0.1) is 0 Å². The summed E-state index contributed by atoms with van der Waals surface area (Å²) in [7, 11) is 0. The first kappa shape index (κ1) is 13.1. The van der Waals surface area contributed by atoms with Gasteiger partial charge in [0.2, 0.25) is 4.77 Å². The second-order valence-electron chi connectivity index (χ2n) is 4.58. The molecule has 3 N–H and O–H groups in total. The summed E-state index contributed by atoms with van der Waals surface area (Å²) in [6, 6.07) is 5.61. The largest absolute Gasteiger partial charge is 0.384 e. The molecule has 5 nitrogen and oxygen atoms in total. The summed E-state index contributed by atoms with van der Waals surface area (Å²) < 4.78 is 2.10. The van der Waals surface area contributed by atoms with Crippen LogP contribution in [0.2, 0.25) is 5.02 Å². The van der Waals surface area contributed by atoms with Gasteiger partial charge in [0, 0.05) is 5.02 Å². The molecule has 3 rings (SSSR count). The van der Waals surface area contributed by atoms with E-state index in [-0.39, 0.29) is 0 Å². The molecule has 3 aromatic rings. The summed E-state index contributed by atoms with van der Waals surface area (Å²) in [5.74, 6) is 0.521. The molecule has 7 heteroatoms. The van der Waals surface area contributed by atoms with Crippen LogP contribution in [0.1, 0.15) is 11.3 Å². The monoisotopic (exact) mass is 305 g/mol. The number of hydrogen-bond donors (Lipinski definition) is 2. The minimum absolute atomic E-state index is 0.375. The molecule has 0 unspecified atom stereocenters. The van der Waals surface area contributed by atoms with Crippen molar-refractivity contribution in [3.63, 3.8) is 0 Å². The quantitative estimate of drug-likeness (QED) is 0.676. The van der Waals surface area contributed by atoms with Crippen molar-refractivity contribution in [2.75, 3.05) is 5.73 Å². The average molecular weight is 306 g/mol. The predicted molar refractivity (Wildman–Crippen MR) is 82.9 cm³/mol. The minimum atomic E-state index is 0.375. The lowest BCUT2D eigenvalue weighted by Crippen LogP contribution is -2.07. The maximum Gasteiger partial charge on any atom is 0.207 e. The van der Waals surface area contributed by atoms with Crippen LogP contribution in [0.5, 0.6) is 0 Å². The van der Waals surface area contributed by atoms with Crippen LogP contribution in [0.25, 0.3) is 16.7 Å². The lowest BCUT2D eigenvalue weighted by Gasteiger charge is -2.12. The zero-order valence-electron chi connectivity index (χ0n) is 10.9. The van der Waals surface area contributed by atoms with Gasteiger partial charge in [-0.1, -0.05) is 11.6 Å². The predicted octanol–water partition coefficient (Wildman–Crippen LogP) is 3.33. The Labute approximate surface area is 125 Å². The number of aromatic amines is 1. The molecule has 102 valence electrons. The number of nitrogens with zero attached hydrogens (tertiary/aromatic N) is 3. The molecule has 0 amide bonds. The molecule has 0 fully saturated rings. The lowest BCUT2D eigenvalue weighted by atomic mass is 10.2. The standard InChI is InChI=1S/C13H12ClN5S/c1-6-5-8(3-4-9(6)14)19-11(15)10-7(2)17-18-12(10)16-13(19)20/h3-5H,15H2,1-2H3,(H,16,18,20). The van der Waals surface area contributed by atoms with Crippen LogP contribution in [-0.2, 0) is 0 Å². The fourth-order valence-electron chi connectivity index (χ4n) is 2.19. The highest BCUT2D eigenvalue weighted by Crippen LogP contribution is 2.26. The second-order valence-corrected chi connectivity index (χ2v) is 5.35. The third-order valence-corrected chi connectivity index (χ3v) is 3.92. The number of halogens is 1. The van der Waals surface area contributed by atoms with Crippen molar-refractivity contribution in [2.45, 2.75) is 13.8 Å². The first-order valence-electron chi connectivity index (χ1n) is 5.99. The summed E-state index contributed by atoms with van der Waals surface area (Å²) in [6.45, 7) is 3.80. The normalized spacial score (nSPS) is 11.2. The maximum absolute atomic E-state index is 6.25. The van der Waals surface area contributed by atoms with Crippen molar-refractivity contribution in [3.8, 4) is 5.69 Å². The van der Waals surface area contributed by atoms with Gasteiger partial charge in [0.1, 0.15) is 5.82 Å². The molecule has 0 bridgehead atoms. The van der Waals surface area contributed by atoms with Gasteiger partial charge in [0.25, 0.3) is 0 Å². The number of H-pyrrole nitrogens is 1. The third kappa shape index (κ3) is 1.88. The van der Waals surface area contributed by atoms with Crippen molar-refractivity contribution in [1.29, 1.82) is 0 Å². The lowest BCUT2D eigenvalue weighted by molar-refractivity contribution is 0.982. The molecule has 0 aliphatic carbocycles. The Morgan fingerprint density at radius 3 is 2.80 bits per heavy atom. The third-order valence-electron chi connectivity index (χ3n) is 3.22. The molecular formula is C13H12ClN5S. The van der Waals surface area contributed by atoms with Gasteiger partial charge in [-0.3, -0.25) is 9.67 Å². The van der Waals surface area contributed by atoms with E-state index in [9.17, 15) is 0 Å². The van der Waals surface area contributed by atoms with Crippen LogP contribution in [0.3, 0.4) is 0 Å². The first-order chi connectivity index (χ1) is 9.49. The van der Waals surface area contributed by atoms with E-state index < -0.39 is 0 Å². The van der Waals surface area contributed by atoms with E-state index in [2.05, 4.69) is 15.2 Å². The van der Waals surface area contributed by atoms with Gasteiger partial charge < -0.3 is 5.73 Å². The second kappa shape index (κ2) is 4.57. The summed E-state index contributed by atoms with van der Waals surface area (Å²) in [4.78, 5) is 4.33. The number of anilines is 1. The number of benzene rings is 1. The van der Waals surface area contributed by atoms with Gasteiger partial charge in [-0.25, -0.2) is 0 Å². The van der Waals surface area contributed by atoms with E-state index in [1.54, 1.807) is 4.57 Å². The average Bonchev–Trinajstić information content (AvgIpc) is 2.75. The Morgan fingerprint density at radius 1 is 1.35 bits per heavy atom. The number of rotatable bonds is 1. The molecular weight excluding hydrogens is 294 g/mol. The molecule has 2 aromatic heterocycles. The summed E-state index contributed by atoms with van der Waals surface area (Å²) in [5, 5.41) is 8.43. The van der Waals surface area contributed by atoms with Crippen molar-refractivity contribution in [1.82, 2.24) is 19.7 Å². The Balaban J connectivity index is 2.38. The minimum Gasteiger partial charge on any atom is -0.384 e. The number of nitrogens with one attached hydrogen (secondary N) is 1. The molecule has 0 aliphatic rings. The zero-order valence-corrected chi connectivity index (χ0v) is 12.5. The van der Waals surface area contributed by atoms with Crippen LogP contribution in [0, 0.1) is 18.6 Å². The fraction of sp³-hybridized carbons (Fsp3) is 0.154. The van der Waals surface area contributed by atoms with Crippen molar-refractivity contribution >= 4 is 40.7 Å². The number of aryl methyl sites for hydroxylation is 2. The maximum atomic E-state index is 6.25. The number of nitrogen functional groups attached to an aromatic ring is 1. The first-order valence-corrected chi connectivity index (χ1v) is 6.77. The van der Waals surface area contributed by atoms with E-state index in [0.717, 1.165) is 22.3 Å². The highest BCUT2D eigenvalue weighted by atomic mass is 35.5. The molecule has 20 heavy (non-hydrogen) atoms. The molecule has 2 heterocycles. The van der Waals surface area contributed by atoms with Gasteiger partial charge in [0.15, 0.2) is 5.65 Å². The van der Waals surface area contributed by atoms with Gasteiger partial charge in [-0.2, -0.15) is 10.1 Å². The van der Waals surface area contributed by atoms with Crippen molar-refractivity contribution in [2.24, 2.45) is 0 Å². The fourth-order valence-corrected chi connectivity index (χ4v) is 2.60. The highest BCUT2D eigenvalue weighted by Gasteiger charge is 2.13. The molecule has 0 aliphatic heterocycles. The van der Waals surface area contributed by atoms with Crippen LogP contribution >= 0.6 is 23.8 Å². The smallest absolute Gasteiger partial charge is 0.207 e. The number of hydrogen-bond acceptors (Lipinski definition) is 4. The Hall–Kier alpha value is -1.92. The zero-order chi connectivity index (χ0) is 14.4. The molecule has 0 atom stereocenters. The van der Waals surface area contributed by atoms with Crippen LogP contribution in [0.4, 0.5) is 5.82 Å².